The molecule has 1 unspecified atom stereocenters. The van der Waals surface area contributed by atoms with Gasteiger partial charge < -0.3 is 4.74 Å². The van der Waals surface area contributed by atoms with Gasteiger partial charge in [0.1, 0.15) is 0 Å². The van der Waals surface area contributed by atoms with Crippen molar-refractivity contribution in [1.82, 2.24) is 0 Å². The lowest BCUT2D eigenvalue weighted by Gasteiger charge is -2.29. The van der Waals surface area contributed by atoms with Crippen molar-refractivity contribution in [2.24, 2.45) is 0 Å². The fourth-order valence-electron chi connectivity index (χ4n) is 2.23. The van der Waals surface area contributed by atoms with Crippen molar-refractivity contribution in [3.05, 3.63) is 0 Å². The van der Waals surface area contributed by atoms with Crippen LogP contribution in [0.3, 0.4) is 0 Å². The Labute approximate surface area is 136 Å². The summed E-state index contributed by atoms with van der Waals surface area (Å²) >= 11 is 0. The highest BCUT2D eigenvalue weighted by molar-refractivity contribution is 5.79. The van der Waals surface area contributed by atoms with Crippen molar-refractivity contribution >= 4 is 5.97 Å². The molecule has 0 rings (SSSR count). The van der Waals surface area contributed by atoms with E-state index in [0.29, 0.717) is 26.1 Å². The molecule has 1 atom stereocenters. The van der Waals surface area contributed by atoms with E-state index in [1.807, 2.05) is 6.92 Å². The molecule has 0 heterocycles. The van der Waals surface area contributed by atoms with Crippen molar-refractivity contribution < 1.29 is 19.3 Å². The molecule has 0 bridgehead atoms. The molecule has 0 saturated heterocycles. The second kappa shape index (κ2) is 14.0. The van der Waals surface area contributed by atoms with Gasteiger partial charge in [0.15, 0.2) is 5.60 Å². The summed E-state index contributed by atoms with van der Waals surface area (Å²) in [7, 11) is 0. The first-order valence-electron chi connectivity index (χ1n) is 9.14. The van der Waals surface area contributed by atoms with Crippen LogP contribution in [0.2, 0.25) is 0 Å². The van der Waals surface area contributed by atoms with Crippen LogP contribution in [0.4, 0.5) is 0 Å². The van der Waals surface area contributed by atoms with Crippen LogP contribution < -0.4 is 0 Å². The lowest BCUT2D eigenvalue weighted by Crippen LogP contribution is -2.43. The smallest absolute Gasteiger partial charge is 0.341 e. The van der Waals surface area contributed by atoms with E-state index in [9.17, 15) is 4.79 Å². The minimum absolute atomic E-state index is 0.268. The molecule has 0 amide bonds. The monoisotopic (exact) mass is 316 g/mol. The largest absolute Gasteiger partial charge is 0.463 e. The van der Waals surface area contributed by atoms with E-state index in [1.54, 1.807) is 0 Å². The van der Waals surface area contributed by atoms with Gasteiger partial charge in [0.05, 0.1) is 13.2 Å². The van der Waals surface area contributed by atoms with Gasteiger partial charge in [-0.3, -0.25) is 0 Å². The van der Waals surface area contributed by atoms with Crippen LogP contribution in [-0.2, 0) is 19.3 Å². The third-order valence-electron chi connectivity index (χ3n) is 3.91. The Hall–Kier alpha value is -0.610. The Morgan fingerprint density at radius 1 is 0.818 bits per heavy atom. The SMILES string of the molecule is CCCCCOOC(CC)(CCCC)C(=O)OCCCCC. The molecule has 132 valence electrons. The van der Waals surface area contributed by atoms with Crippen LogP contribution in [0.1, 0.15) is 91.9 Å². The molecule has 0 aliphatic carbocycles. The number of hydrogen-bond donors (Lipinski definition) is 0. The molecule has 0 N–H and O–H groups in total. The Kier molecular flexibility index (Phi) is 13.6. The number of unbranched alkanes of at least 4 members (excludes halogenated alkanes) is 5. The quantitative estimate of drug-likeness (QED) is 0.180. The van der Waals surface area contributed by atoms with E-state index in [4.69, 9.17) is 14.5 Å². The molecule has 0 fully saturated rings. The Morgan fingerprint density at radius 2 is 1.41 bits per heavy atom. The number of esters is 1. The lowest BCUT2D eigenvalue weighted by atomic mass is 9.94. The molecule has 0 aromatic rings. The molecule has 0 spiro atoms. The number of rotatable bonds is 15. The van der Waals surface area contributed by atoms with Gasteiger partial charge in [0.2, 0.25) is 0 Å². The first-order valence-corrected chi connectivity index (χ1v) is 9.14. The number of carbonyl (C=O) groups excluding carboxylic acids is 1. The summed E-state index contributed by atoms with van der Waals surface area (Å²) in [6.07, 6.45) is 9.48. The van der Waals surface area contributed by atoms with Crippen molar-refractivity contribution in [2.45, 2.75) is 97.5 Å². The van der Waals surface area contributed by atoms with Gasteiger partial charge in [-0.1, -0.05) is 66.2 Å². The molecule has 0 aromatic heterocycles. The minimum atomic E-state index is -0.936. The van der Waals surface area contributed by atoms with Crippen molar-refractivity contribution in [3.63, 3.8) is 0 Å². The van der Waals surface area contributed by atoms with E-state index in [1.165, 1.54) is 0 Å². The highest BCUT2D eigenvalue weighted by atomic mass is 17.2. The van der Waals surface area contributed by atoms with Crippen molar-refractivity contribution in [2.75, 3.05) is 13.2 Å². The second-order valence-corrected chi connectivity index (χ2v) is 5.91. The van der Waals surface area contributed by atoms with E-state index < -0.39 is 5.60 Å². The summed E-state index contributed by atoms with van der Waals surface area (Å²) in [5.41, 5.74) is -0.936. The molecule has 4 heteroatoms. The zero-order valence-electron chi connectivity index (χ0n) is 15.1. The maximum absolute atomic E-state index is 12.5. The van der Waals surface area contributed by atoms with Crippen LogP contribution in [0.25, 0.3) is 0 Å². The Balaban J connectivity index is 4.44. The predicted octanol–water partition coefficient (Wildman–Crippen LogP) is 5.20. The molecular weight excluding hydrogens is 280 g/mol. The highest BCUT2D eigenvalue weighted by Crippen LogP contribution is 2.26. The zero-order valence-corrected chi connectivity index (χ0v) is 15.1. The van der Waals surface area contributed by atoms with Crippen LogP contribution in [0.5, 0.6) is 0 Å². The summed E-state index contributed by atoms with van der Waals surface area (Å²) in [4.78, 5) is 23.4. The van der Waals surface area contributed by atoms with Gasteiger partial charge in [-0.25, -0.2) is 14.6 Å². The molecular formula is C18H36O4. The summed E-state index contributed by atoms with van der Waals surface area (Å²) < 4.78 is 5.43. The van der Waals surface area contributed by atoms with Gasteiger partial charge in [-0.15, -0.1) is 0 Å². The van der Waals surface area contributed by atoms with Crippen LogP contribution >= 0.6 is 0 Å². The van der Waals surface area contributed by atoms with Gasteiger partial charge in [-0.2, -0.15) is 0 Å². The Morgan fingerprint density at radius 3 is 1.95 bits per heavy atom. The maximum Gasteiger partial charge on any atom is 0.341 e. The van der Waals surface area contributed by atoms with E-state index >= 15 is 0 Å². The normalized spacial score (nSPS) is 13.8. The van der Waals surface area contributed by atoms with E-state index in [2.05, 4.69) is 20.8 Å². The first kappa shape index (κ1) is 21.4. The van der Waals surface area contributed by atoms with Crippen molar-refractivity contribution in [1.29, 1.82) is 0 Å². The Bertz CT molecular complexity index is 268. The van der Waals surface area contributed by atoms with Crippen LogP contribution in [0.15, 0.2) is 0 Å². The minimum Gasteiger partial charge on any atom is -0.463 e. The third kappa shape index (κ3) is 8.74. The molecule has 0 aliphatic rings. The molecule has 22 heavy (non-hydrogen) atoms. The summed E-state index contributed by atoms with van der Waals surface area (Å²) in [6.45, 7) is 9.34. The number of carbonyl (C=O) groups is 1. The lowest BCUT2D eigenvalue weighted by molar-refractivity contribution is -0.357. The van der Waals surface area contributed by atoms with E-state index in [0.717, 1.165) is 51.4 Å². The van der Waals surface area contributed by atoms with Crippen molar-refractivity contribution in [3.8, 4) is 0 Å². The second-order valence-electron chi connectivity index (χ2n) is 5.91. The number of hydrogen-bond acceptors (Lipinski definition) is 4. The van der Waals surface area contributed by atoms with Gasteiger partial charge in [0, 0.05) is 0 Å². The average Bonchev–Trinajstić information content (AvgIpc) is 2.54. The molecule has 0 radical (unpaired) electrons. The topological polar surface area (TPSA) is 44.8 Å². The number of ether oxygens (including phenoxy) is 1. The van der Waals surface area contributed by atoms with Crippen LogP contribution in [-0.4, -0.2) is 24.8 Å². The average molecular weight is 316 g/mol. The first-order chi connectivity index (χ1) is 10.7. The third-order valence-corrected chi connectivity index (χ3v) is 3.91. The highest BCUT2D eigenvalue weighted by Gasteiger charge is 2.40. The molecule has 0 aromatic carbocycles. The maximum atomic E-state index is 12.5. The summed E-state index contributed by atoms with van der Waals surface area (Å²) in [5.74, 6) is -0.268. The van der Waals surface area contributed by atoms with Gasteiger partial charge in [-0.05, 0) is 25.7 Å². The standard InChI is InChI=1S/C18H36O4/c1-5-9-12-15-20-17(19)18(8-4,14-11-7-3)22-21-16-13-10-6-2/h5-16H2,1-4H3. The fraction of sp³-hybridized carbons (Fsp3) is 0.944. The predicted molar refractivity (Wildman–Crippen MR) is 89.6 cm³/mol. The summed E-state index contributed by atoms with van der Waals surface area (Å²) in [6, 6.07) is 0. The van der Waals surface area contributed by atoms with E-state index in [-0.39, 0.29) is 5.97 Å². The molecule has 4 nitrogen and oxygen atoms in total. The molecule has 0 aliphatic heterocycles. The van der Waals surface area contributed by atoms with Gasteiger partial charge in [0.25, 0.3) is 0 Å². The zero-order chi connectivity index (χ0) is 16.7. The van der Waals surface area contributed by atoms with Crippen LogP contribution in [0, 0.1) is 0 Å². The van der Waals surface area contributed by atoms with Gasteiger partial charge >= 0.3 is 5.97 Å². The summed E-state index contributed by atoms with van der Waals surface area (Å²) in [5, 5.41) is 0. The fourth-order valence-corrected chi connectivity index (χ4v) is 2.23. The molecule has 0 saturated carbocycles.